The summed E-state index contributed by atoms with van der Waals surface area (Å²) in [5.74, 6) is -1.26. The van der Waals surface area contributed by atoms with Crippen LogP contribution in [0.5, 0.6) is 5.75 Å². The van der Waals surface area contributed by atoms with E-state index in [1.807, 2.05) is 0 Å². The first-order valence-corrected chi connectivity index (χ1v) is 6.12. The van der Waals surface area contributed by atoms with Gasteiger partial charge >= 0.3 is 0 Å². The first-order valence-electron chi connectivity index (χ1n) is 5.33. The molecule has 0 unspecified atom stereocenters. The van der Waals surface area contributed by atoms with Gasteiger partial charge in [-0.3, -0.25) is 4.79 Å². The fraction of sp³-hybridized carbons (Fsp3) is 0. The lowest BCUT2D eigenvalue weighted by Crippen LogP contribution is -2.15. The van der Waals surface area contributed by atoms with Crippen LogP contribution in [-0.2, 0) is 0 Å². The number of nitrogens with two attached hydrogens (primary N) is 1. The van der Waals surface area contributed by atoms with Crippen molar-refractivity contribution in [2.75, 3.05) is 11.1 Å². The molecule has 2 aromatic carbocycles. The monoisotopic (exact) mass is 324 g/mol. The van der Waals surface area contributed by atoms with Gasteiger partial charge in [0, 0.05) is 10.2 Å². The first kappa shape index (κ1) is 13.4. The maximum Gasteiger partial charge on any atom is 0.257 e. The van der Waals surface area contributed by atoms with E-state index in [0.29, 0.717) is 4.47 Å². The van der Waals surface area contributed by atoms with E-state index in [0.717, 1.165) is 0 Å². The molecule has 19 heavy (non-hydrogen) atoms. The standard InChI is InChI=1S/C13H10BrFN2O2/c14-9-2-1-3-10(15)12(9)17-13(19)8-6-7(18)4-5-11(8)16/h1-6,18H,16H2,(H,17,19). The molecular weight excluding hydrogens is 315 g/mol. The average Bonchev–Trinajstić information content (AvgIpc) is 2.37. The van der Waals surface area contributed by atoms with Gasteiger partial charge in [-0.15, -0.1) is 0 Å². The van der Waals surface area contributed by atoms with Gasteiger partial charge in [-0.2, -0.15) is 0 Å². The van der Waals surface area contributed by atoms with Crippen molar-refractivity contribution >= 4 is 33.2 Å². The number of halogens is 2. The molecule has 0 aliphatic carbocycles. The summed E-state index contributed by atoms with van der Waals surface area (Å²) in [6.07, 6.45) is 0. The lowest BCUT2D eigenvalue weighted by Gasteiger charge is -2.10. The molecule has 0 bridgehead atoms. The zero-order valence-electron chi connectivity index (χ0n) is 9.65. The highest BCUT2D eigenvalue weighted by atomic mass is 79.9. The van der Waals surface area contributed by atoms with E-state index in [2.05, 4.69) is 21.2 Å². The Hall–Kier alpha value is -2.08. The van der Waals surface area contributed by atoms with Crippen LogP contribution in [-0.4, -0.2) is 11.0 Å². The van der Waals surface area contributed by atoms with Gasteiger partial charge in [0.2, 0.25) is 0 Å². The summed E-state index contributed by atoms with van der Waals surface area (Å²) in [5.41, 5.74) is 5.94. The Kier molecular flexibility index (Phi) is 3.71. The second-order valence-electron chi connectivity index (χ2n) is 3.82. The molecule has 1 amide bonds. The molecular formula is C13H10BrFN2O2. The van der Waals surface area contributed by atoms with Crippen molar-refractivity contribution in [2.45, 2.75) is 0 Å². The normalized spacial score (nSPS) is 10.2. The van der Waals surface area contributed by atoms with Gasteiger partial charge in [0.25, 0.3) is 5.91 Å². The molecule has 6 heteroatoms. The van der Waals surface area contributed by atoms with Crippen LogP contribution in [0.25, 0.3) is 0 Å². The van der Waals surface area contributed by atoms with Crippen molar-refractivity contribution < 1.29 is 14.3 Å². The number of nitrogen functional groups attached to an aromatic ring is 1. The summed E-state index contributed by atoms with van der Waals surface area (Å²) in [7, 11) is 0. The minimum atomic E-state index is -0.598. The Morgan fingerprint density at radius 3 is 2.74 bits per heavy atom. The van der Waals surface area contributed by atoms with Crippen LogP contribution in [0.2, 0.25) is 0 Å². The maximum absolute atomic E-state index is 13.6. The van der Waals surface area contributed by atoms with E-state index in [-0.39, 0.29) is 22.7 Å². The fourth-order valence-electron chi connectivity index (χ4n) is 1.54. The second kappa shape index (κ2) is 5.27. The third-order valence-corrected chi connectivity index (χ3v) is 3.14. The molecule has 0 aliphatic heterocycles. The number of carbonyl (C=O) groups is 1. The summed E-state index contributed by atoms with van der Waals surface area (Å²) in [4.78, 5) is 12.0. The molecule has 0 saturated heterocycles. The van der Waals surface area contributed by atoms with E-state index in [4.69, 9.17) is 5.73 Å². The largest absolute Gasteiger partial charge is 0.508 e. The average molecular weight is 325 g/mol. The number of amides is 1. The Morgan fingerprint density at radius 2 is 2.05 bits per heavy atom. The Bertz CT molecular complexity index is 626. The minimum absolute atomic E-state index is 0.0234. The Balaban J connectivity index is 2.34. The number of aromatic hydroxyl groups is 1. The van der Waals surface area contributed by atoms with Crippen LogP contribution >= 0.6 is 15.9 Å². The van der Waals surface area contributed by atoms with E-state index in [1.165, 1.54) is 30.3 Å². The van der Waals surface area contributed by atoms with Crippen molar-refractivity contribution in [3.05, 3.63) is 52.3 Å². The number of hydrogen-bond acceptors (Lipinski definition) is 3. The second-order valence-corrected chi connectivity index (χ2v) is 4.68. The number of hydrogen-bond donors (Lipinski definition) is 3. The molecule has 0 atom stereocenters. The van der Waals surface area contributed by atoms with Crippen molar-refractivity contribution in [3.63, 3.8) is 0 Å². The van der Waals surface area contributed by atoms with Crippen LogP contribution in [0.4, 0.5) is 15.8 Å². The summed E-state index contributed by atoms with van der Waals surface area (Å²) >= 11 is 3.15. The third-order valence-electron chi connectivity index (χ3n) is 2.48. The number of benzene rings is 2. The lowest BCUT2D eigenvalue weighted by molar-refractivity contribution is 0.102. The fourth-order valence-corrected chi connectivity index (χ4v) is 1.98. The maximum atomic E-state index is 13.6. The predicted octanol–water partition coefficient (Wildman–Crippen LogP) is 3.13. The summed E-state index contributed by atoms with van der Waals surface area (Å²) in [5, 5.41) is 11.8. The van der Waals surface area contributed by atoms with Crippen molar-refractivity contribution in [1.29, 1.82) is 0 Å². The van der Waals surface area contributed by atoms with E-state index >= 15 is 0 Å². The highest BCUT2D eigenvalue weighted by Gasteiger charge is 2.14. The molecule has 2 rings (SSSR count). The Labute approximate surface area is 117 Å². The number of phenolic OH excluding ortho intramolecular Hbond substituents is 1. The lowest BCUT2D eigenvalue weighted by atomic mass is 10.1. The number of rotatable bonds is 2. The molecule has 0 saturated carbocycles. The zero-order chi connectivity index (χ0) is 14.0. The zero-order valence-corrected chi connectivity index (χ0v) is 11.2. The van der Waals surface area contributed by atoms with Gasteiger partial charge in [0.05, 0.1) is 11.3 Å². The predicted molar refractivity (Wildman–Crippen MR) is 74.6 cm³/mol. The van der Waals surface area contributed by atoms with Gasteiger partial charge in [0.1, 0.15) is 11.6 Å². The third kappa shape index (κ3) is 2.85. The summed E-state index contributed by atoms with van der Waals surface area (Å²) in [6, 6.07) is 8.33. The van der Waals surface area contributed by atoms with Crippen molar-refractivity contribution in [2.24, 2.45) is 0 Å². The highest BCUT2D eigenvalue weighted by molar-refractivity contribution is 9.10. The number of para-hydroxylation sites is 1. The summed E-state index contributed by atoms with van der Waals surface area (Å²) < 4.78 is 14.0. The smallest absolute Gasteiger partial charge is 0.257 e. The van der Waals surface area contributed by atoms with E-state index in [1.54, 1.807) is 6.07 Å². The van der Waals surface area contributed by atoms with Gasteiger partial charge in [0.15, 0.2) is 0 Å². The number of anilines is 2. The van der Waals surface area contributed by atoms with Crippen molar-refractivity contribution in [1.82, 2.24) is 0 Å². The first-order chi connectivity index (χ1) is 8.99. The van der Waals surface area contributed by atoms with Crippen LogP contribution in [0.1, 0.15) is 10.4 Å². The number of nitrogens with one attached hydrogen (secondary N) is 1. The summed E-state index contributed by atoms with van der Waals surface area (Å²) in [6.45, 7) is 0. The minimum Gasteiger partial charge on any atom is -0.508 e. The van der Waals surface area contributed by atoms with Gasteiger partial charge < -0.3 is 16.2 Å². The van der Waals surface area contributed by atoms with Gasteiger partial charge in [-0.25, -0.2) is 4.39 Å². The quantitative estimate of drug-likeness (QED) is 0.586. The van der Waals surface area contributed by atoms with E-state index in [9.17, 15) is 14.3 Å². The molecule has 0 fully saturated rings. The van der Waals surface area contributed by atoms with Crippen LogP contribution in [0, 0.1) is 5.82 Å². The molecule has 0 radical (unpaired) electrons. The number of phenols is 1. The molecule has 2 aromatic rings. The molecule has 4 N–H and O–H groups in total. The van der Waals surface area contributed by atoms with E-state index < -0.39 is 11.7 Å². The van der Waals surface area contributed by atoms with Gasteiger partial charge in [-0.05, 0) is 46.3 Å². The molecule has 4 nitrogen and oxygen atoms in total. The number of carbonyl (C=O) groups excluding carboxylic acids is 1. The molecule has 0 spiro atoms. The molecule has 98 valence electrons. The topological polar surface area (TPSA) is 75.3 Å². The van der Waals surface area contributed by atoms with Crippen LogP contribution in [0.15, 0.2) is 40.9 Å². The molecule has 0 aromatic heterocycles. The SMILES string of the molecule is Nc1ccc(O)cc1C(=O)Nc1c(F)cccc1Br. The molecule has 0 heterocycles. The highest BCUT2D eigenvalue weighted by Crippen LogP contribution is 2.27. The van der Waals surface area contributed by atoms with Crippen LogP contribution < -0.4 is 11.1 Å². The van der Waals surface area contributed by atoms with Crippen LogP contribution in [0.3, 0.4) is 0 Å². The van der Waals surface area contributed by atoms with Crippen molar-refractivity contribution in [3.8, 4) is 5.75 Å². The Morgan fingerprint density at radius 1 is 1.32 bits per heavy atom. The molecule has 0 aliphatic rings. The van der Waals surface area contributed by atoms with Gasteiger partial charge in [-0.1, -0.05) is 6.07 Å².